The second-order valence-electron chi connectivity index (χ2n) is 4.95. The van der Waals surface area contributed by atoms with Gasteiger partial charge in [-0.25, -0.2) is 0 Å². The van der Waals surface area contributed by atoms with E-state index in [1.54, 1.807) is 0 Å². The average Bonchev–Trinajstić information content (AvgIpc) is 2.40. The SMILES string of the molecule is Cc1ccc2c(n1)CCC(c1ccc(Cl)cc1)C2=O. The van der Waals surface area contributed by atoms with E-state index in [2.05, 4.69) is 4.98 Å². The Kier molecular flexibility index (Phi) is 3.11. The quantitative estimate of drug-likeness (QED) is 0.786. The van der Waals surface area contributed by atoms with Crippen molar-refractivity contribution in [3.63, 3.8) is 0 Å². The zero-order valence-electron chi connectivity index (χ0n) is 10.7. The molecule has 2 aromatic rings. The van der Waals surface area contributed by atoms with Crippen LogP contribution in [-0.2, 0) is 6.42 Å². The molecule has 0 amide bonds. The van der Waals surface area contributed by atoms with Crippen LogP contribution in [0, 0.1) is 6.92 Å². The molecule has 0 saturated carbocycles. The summed E-state index contributed by atoms with van der Waals surface area (Å²) >= 11 is 5.89. The molecule has 0 N–H and O–H groups in total. The Morgan fingerprint density at radius 1 is 1.16 bits per heavy atom. The Labute approximate surface area is 117 Å². The number of carbonyl (C=O) groups excluding carboxylic acids is 1. The van der Waals surface area contributed by atoms with Crippen molar-refractivity contribution in [2.24, 2.45) is 0 Å². The van der Waals surface area contributed by atoms with Crippen molar-refractivity contribution < 1.29 is 4.79 Å². The van der Waals surface area contributed by atoms with E-state index in [-0.39, 0.29) is 11.7 Å². The molecule has 0 fully saturated rings. The van der Waals surface area contributed by atoms with E-state index in [9.17, 15) is 4.79 Å². The highest BCUT2D eigenvalue weighted by Gasteiger charge is 2.29. The maximum atomic E-state index is 12.5. The van der Waals surface area contributed by atoms with Crippen molar-refractivity contribution in [2.45, 2.75) is 25.7 Å². The molecule has 1 unspecified atom stereocenters. The summed E-state index contributed by atoms with van der Waals surface area (Å²) in [5.41, 5.74) is 3.73. The van der Waals surface area contributed by atoms with Crippen LogP contribution in [0.2, 0.25) is 5.02 Å². The minimum absolute atomic E-state index is 0.0609. The summed E-state index contributed by atoms with van der Waals surface area (Å²) in [5, 5.41) is 0.699. The smallest absolute Gasteiger partial charge is 0.172 e. The molecule has 3 rings (SSSR count). The number of carbonyl (C=O) groups is 1. The van der Waals surface area contributed by atoms with Crippen LogP contribution < -0.4 is 0 Å². The summed E-state index contributed by atoms with van der Waals surface area (Å²) in [6, 6.07) is 11.4. The van der Waals surface area contributed by atoms with Gasteiger partial charge in [0.25, 0.3) is 0 Å². The number of hydrogen-bond donors (Lipinski definition) is 0. The van der Waals surface area contributed by atoms with Gasteiger partial charge in [0.2, 0.25) is 0 Å². The Morgan fingerprint density at radius 2 is 1.89 bits per heavy atom. The van der Waals surface area contributed by atoms with Crippen molar-refractivity contribution in [1.29, 1.82) is 0 Å². The van der Waals surface area contributed by atoms with Gasteiger partial charge in [-0.1, -0.05) is 23.7 Å². The van der Waals surface area contributed by atoms with E-state index in [0.717, 1.165) is 35.4 Å². The van der Waals surface area contributed by atoms with Gasteiger partial charge in [-0.15, -0.1) is 0 Å². The summed E-state index contributed by atoms with van der Waals surface area (Å²) in [5.74, 6) is 0.116. The Bertz CT molecular complexity index is 634. The van der Waals surface area contributed by atoms with Crippen molar-refractivity contribution in [3.8, 4) is 0 Å². The molecular formula is C16H14ClNO. The number of fused-ring (bicyclic) bond motifs is 1. The van der Waals surface area contributed by atoms with Gasteiger partial charge < -0.3 is 0 Å². The predicted molar refractivity (Wildman–Crippen MR) is 75.8 cm³/mol. The molecule has 1 aromatic heterocycles. The molecule has 0 radical (unpaired) electrons. The monoisotopic (exact) mass is 271 g/mol. The molecule has 0 bridgehead atoms. The molecule has 1 aromatic carbocycles. The van der Waals surface area contributed by atoms with Gasteiger partial charge in [-0.3, -0.25) is 9.78 Å². The van der Waals surface area contributed by atoms with Gasteiger partial charge in [-0.05, 0) is 49.6 Å². The van der Waals surface area contributed by atoms with E-state index < -0.39 is 0 Å². The number of aromatic nitrogens is 1. The van der Waals surface area contributed by atoms with E-state index >= 15 is 0 Å². The lowest BCUT2D eigenvalue weighted by molar-refractivity contribution is 0.0945. The molecule has 19 heavy (non-hydrogen) atoms. The average molecular weight is 272 g/mol. The number of nitrogens with zero attached hydrogens (tertiary/aromatic N) is 1. The lowest BCUT2D eigenvalue weighted by Crippen LogP contribution is -2.22. The number of halogens is 1. The van der Waals surface area contributed by atoms with E-state index in [1.165, 1.54) is 0 Å². The number of rotatable bonds is 1. The van der Waals surface area contributed by atoms with Crippen LogP contribution in [0.25, 0.3) is 0 Å². The Balaban J connectivity index is 1.97. The lowest BCUT2D eigenvalue weighted by atomic mass is 9.81. The molecule has 1 heterocycles. The first-order valence-corrected chi connectivity index (χ1v) is 6.79. The van der Waals surface area contributed by atoms with Crippen molar-refractivity contribution >= 4 is 17.4 Å². The topological polar surface area (TPSA) is 30.0 Å². The molecule has 1 aliphatic carbocycles. The summed E-state index contributed by atoms with van der Waals surface area (Å²) in [4.78, 5) is 17.0. The Hall–Kier alpha value is -1.67. The van der Waals surface area contributed by atoms with Gasteiger partial charge in [0.15, 0.2) is 5.78 Å². The maximum absolute atomic E-state index is 12.5. The number of Topliss-reactive ketones (excluding diaryl/α,β-unsaturated/α-hetero) is 1. The van der Waals surface area contributed by atoms with E-state index in [1.807, 2.05) is 43.3 Å². The molecule has 96 valence electrons. The fourth-order valence-corrected chi connectivity index (χ4v) is 2.76. The highest BCUT2D eigenvalue weighted by molar-refractivity contribution is 6.30. The van der Waals surface area contributed by atoms with Crippen LogP contribution in [-0.4, -0.2) is 10.8 Å². The van der Waals surface area contributed by atoms with Crippen LogP contribution in [0.4, 0.5) is 0 Å². The standard InChI is InChI=1S/C16H14ClNO/c1-10-2-7-14-15(18-10)9-8-13(16(14)19)11-3-5-12(17)6-4-11/h2-7,13H,8-9H2,1H3. The largest absolute Gasteiger partial charge is 0.293 e. The molecule has 0 saturated heterocycles. The van der Waals surface area contributed by atoms with Crippen molar-refractivity contribution in [2.75, 3.05) is 0 Å². The number of aryl methyl sites for hydroxylation is 2. The fourth-order valence-electron chi connectivity index (χ4n) is 2.64. The molecule has 2 nitrogen and oxygen atoms in total. The number of benzene rings is 1. The predicted octanol–water partition coefficient (Wildman–Crippen LogP) is 3.96. The maximum Gasteiger partial charge on any atom is 0.172 e. The van der Waals surface area contributed by atoms with Crippen molar-refractivity contribution in [1.82, 2.24) is 4.98 Å². The van der Waals surface area contributed by atoms with Crippen LogP contribution in [0.3, 0.4) is 0 Å². The Morgan fingerprint density at radius 3 is 2.63 bits per heavy atom. The fraction of sp³-hybridized carbons (Fsp3) is 0.250. The van der Waals surface area contributed by atoms with Gasteiger partial charge in [0.05, 0.1) is 5.69 Å². The highest BCUT2D eigenvalue weighted by atomic mass is 35.5. The number of ketones is 1. The third kappa shape index (κ3) is 2.28. The molecule has 1 atom stereocenters. The minimum atomic E-state index is -0.0609. The van der Waals surface area contributed by atoms with Gasteiger partial charge in [0, 0.05) is 22.2 Å². The first kappa shape index (κ1) is 12.4. The molecular weight excluding hydrogens is 258 g/mol. The van der Waals surface area contributed by atoms with Crippen LogP contribution in [0.5, 0.6) is 0 Å². The highest BCUT2D eigenvalue weighted by Crippen LogP contribution is 2.32. The minimum Gasteiger partial charge on any atom is -0.293 e. The summed E-state index contributed by atoms with van der Waals surface area (Å²) in [6.45, 7) is 1.95. The molecule has 1 aliphatic rings. The number of hydrogen-bond acceptors (Lipinski definition) is 2. The second-order valence-corrected chi connectivity index (χ2v) is 5.39. The third-order valence-corrected chi connectivity index (χ3v) is 3.89. The van der Waals surface area contributed by atoms with Crippen LogP contribution in [0.15, 0.2) is 36.4 Å². The lowest BCUT2D eigenvalue weighted by Gasteiger charge is -2.23. The second kappa shape index (κ2) is 4.78. The molecule has 0 aliphatic heterocycles. The number of pyridine rings is 1. The summed E-state index contributed by atoms with van der Waals surface area (Å²) in [7, 11) is 0. The van der Waals surface area contributed by atoms with E-state index in [4.69, 9.17) is 11.6 Å². The third-order valence-electron chi connectivity index (χ3n) is 3.64. The first-order valence-electron chi connectivity index (χ1n) is 6.41. The zero-order valence-corrected chi connectivity index (χ0v) is 11.4. The van der Waals surface area contributed by atoms with Crippen molar-refractivity contribution in [3.05, 3.63) is 63.9 Å². The molecule has 3 heteroatoms. The zero-order chi connectivity index (χ0) is 13.4. The first-order chi connectivity index (χ1) is 9.15. The van der Waals surface area contributed by atoms with E-state index in [0.29, 0.717) is 5.02 Å². The summed E-state index contributed by atoms with van der Waals surface area (Å²) in [6.07, 6.45) is 1.68. The van der Waals surface area contributed by atoms with Gasteiger partial charge >= 0.3 is 0 Å². The molecule has 0 spiro atoms. The summed E-state index contributed by atoms with van der Waals surface area (Å²) < 4.78 is 0. The van der Waals surface area contributed by atoms with Crippen LogP contribution in [0.1, 0.15) is 39.6 Å². The van der Waals surface area contributed by atoms with Gasteiger partial charge in [-0.2, -0.15) is 0 Å². The van der Waals surface area contributed by atoms with Gasteiger partial charge in [0.1, 0.15) is 0 Å². The normalized spacial score (nSPS) is 18.2. The van der Waals surface area contributed by atoms with Crippen LogP contribution >= 0.6 is 11.6 Å².